The maximum atomic E-state index is 14.2. The number of allylic oxidation sites excluding steroid dienone is 4. The Bertz CT molecular complexity index is 2090. The number of aromatic nitrogens is 1. The molecule has 52 heavy (non-hydrogen) atoms. The summed E-state index contributed by atoms with van der Waals surface area (Å²) in [5, 5.41) is 5.32. The molecule has 0 saturated carbocycles. The van der Waals surface area contributed by atoms with E-state index in [4.69, 9.17) is 4.74 Å². The smallest absolute Gasteiger partial charge is 0.265 e. The Morgan fingerprint density at radius 3 is 2.40 bits per heavy atom. The van der Waals surface area contributed by atoms with Gasteiger partial charge in [0, 0.05) is 66.2 Å². The second kappa shape index (κ2) is 14.6. The molecular formula is C40H37F2N5O4S. The minimum atomic E-state index is -0.866. The van der Waals surface area contributed by atoms with E-state index in [0.717, 1.165) is 67.3 Å². The van der Waals surface area contributed by atoms with E-state index in [1.54, 1.807) is 65.7 Å². The number of hydrogen-bond acceptors (Lipinski definition) is 7. The van der Waals surface area contributed by atoms with Crippen molar-refractivity contribution < 1.29 is 27.9 Å². The third-order valence-corrected chi connectivity index (χ3v) is 11.0. The van der Waals surface area contributed by atoms with Gasteiger partial charge in [0.2, 0.25) is 0 Å². The van der Waals surface area contributed by atoms with Crippen molar-refractivity contribution in [2.45, 2.75) is 26.2 Å². The SMILES string of the molecule is C=C/C=C1\C(=C/C)c2sc(C(=O)Nc3c(F)cccc3F)cc2CCN1C(=O)c1ccc(NC(=O)c2cccnc2N2CC3(CCOCC3)C2)cc1. The highest BCUT2D eigenvalue weighted by Gasteiger charge is 2.45. The molecule has 12 heteroatoms. The first-order chi connectivity index (χ1) is 25.2. The third kappa shape index (κ3) is 6.79. The number of thiophene rings is 1. The summed E-state index contributed by atoms with van der Waals surface area (Å²) < 4.78 is 34.0. The summed E-state index contributed by atoms with van der Waals surface area (Å²) in [5.74, 6) is -2.23. The normalized spacial score (nSPS) is 18.1. The van der Waals surface area contributed by atoms with E-state index in [1.165, 1.54) is 17.4 Å². The van der Waals surface area contributed by atoms with E-state index in [1.807, 2.05) is 13.0 Å². The molecule has 9 nitrogen and oxygen atoms in total. The van der Waals surface area contributed by atoms with Crippen LogP contribution in [0.4, 0.5) is 26.0 Å². The highest BCUT2D eigenvalue weighted by Crippen LogP contribution is 2.43. The van der Waals surface area contributed by atoms with Gasteiger partial charge in [-0.25, -0.2) is 13.8 Å². The van der Waals surface area contributed by atoms with Crippen molar-refractivity contribution in [1.29, 1.82) is 0 Å². The first-order valence-electron chi connectivity index (χ1n) is 17.1. The monoisotopic (exact) mass is 721 g/mol. The summed E-state index contributed by atoms with van der Waals surface area (Å²) in [6, 6.07) is 15.4. The zero-order chi connectivity index (χ0) is 36.4. The number of anilines is 3. The standard InChI is InChI=1S/C40H37F2N5O4S/c1-3-7-32-28(4-2)35-26(22-33(52-35)38(49)45-34-30(41)9-5-10-31(34)42)15-19-47(32)39(50)25-11-13-27(14-12-25)44-37(48)29-8-6-18-43-36(29)46-23-40(24-46)16-20-51-21-17-40/h3-14,18,22H,1,15-17,19-21,23-24H2,2H3,(H,44,48)(H,45,49)/b28-4+,32-7+. The Labute approximate surface area is 304 Å². The van der Waals surface area contributed by atoms with Gasteiger partial charge in [0.15, 0.2) is 0 Å². The molecule has 4 aromatic rings. The minimum absolute atomic E-state index is 0.227. The Balaban J connectivity index is 1.05. The molecule has 7 rings (SSSR count). The topological polar surface area (TPSA) is 104 Å². The van der Waals surface area contributed by atoms with Crippen LogP contribution in [0.15, 0.2) is 97.4 Å². The van der Waals surface area contributed by atoms with Crippen LogP contribution in [0.2, 0.25) is 0 Å². The molecule has 2 saturated heterocycles. The Morgan fingerprint density at radius 1 is 0.981 bits per heavy atom. The predicted octanol–water partition coefficient (Wildman–Crippen LogP) is 7.71. The molecule has 266 valence electrons. The number of nitrogens with zero attached hydrogens (tertiary/aromatic N) is 3. The number of rotatable bonds is 7. The molecule has 0 atom stereocenters. The second-order valence-electron chi connectivity index (χ2n) is 13.1. The lowest BCUT2D eigenvalue weighted by Crippen LogP contribution is -2.59. The highest BCUT2D eigenvalue weighted by atomic mass is 32.1. The largest absolute Gasteiger partial charge is 0.381 e. The van der Waals surface area contributed by atoms with Crippen LogP contribution in [-0.2, 0) is 11.2 Å². The van der Waals surface area contributed by atoms with Gasteiger partial charge < -0.3 is 25.2 Å². The van der Waals surface area contributed by atoms with Crippen LogP contribution in [0.5, 0.6) is 0 Å². The molecule has 3 amide bonds. The predicted molar refractivity (Wildman–Crippen MR) is 199 cm³/mol. The van der Waals surface area contributed by atoms with Gasteiger partial charge in [-0.1, -0.05) is 24.8 Å². The van der Waals surface area contributed by atoms with Gasteiger partial charge in [0.25, 0.3) is 17.7 Å². The van der Waals surface area contributed by atoms with E-state index in [0.29, 0.717) is 41.3 Å². The quantitative estimate of drug-likeness (QED) is 0.203. The Kier molecular flexibility index (Phi) is 9.85. The molecule has 5 heterocycles. The van der Waals surface area contributed by atoms with Gasteiger partial charge in [-0.05, 0) is 92.4 Å². The maximum absolute atomic E-state index is 14.2. The van der Waals surface area contributed by atoms with Crippen molar-refractivity contribution >= 4 is 51.8 Å². The molecule has 0 aliphatic carbocycles. The van der Waals surface area contributed by atoms with Crippen LogP contribution < -0.4 is 15.5 Å². The number of amides is 3. The van der Waals surface area contributed by atoms with Crippen LogP contribution in [0, 0.1) is 17.0 Å². The Morgan fingerprint density at radius 2 is 1.71 bits per heavy atom. The lowest BCUT2D eigenvalue weighted by molar-refractivity contribution is -0.000510. The molecule has 0 radical (unpaired) electrons. The number of nitrogens with one attached hydrogen (secondary N) is 2. The summed E-state index contributed by atoms with van der Waals surface area (Å²) in [6.45, 7) is 9.23. The molecule has 3 aliphatic heterocycles. The number of benzene rings is 2. The molecule has 1 spiro atoms. The number of halogens is 2. The van der Waals surface area contributed by atoms with E-state index >= 15 is 0 Å². The van der Waals surface area contributed by atoms with Gasteiger partial charge in [-0.15, -0.1) is 11.3 Å². The highest BCUT2D eigenvalue weighted by molar-refractivity contribution is 7.15. The number of ether oxygens (including phenoxy) is 1. The molecule has 2 fully saturated rings. The number of carbonyl (C=O) groups excluding carboxylic acids is 3. The first-order valence-corrected chi connectivity index (χ1v) is 17.9. The van der Waals surface area contributed by atoms with Crippen LogP contribution in [0.3, 0.4) is 0 Å². The second-order valence-corrected chi connectivity index (χ2v) is 14.1. The summed E-state index contributed by atoms with van der Waals surface area (Å²) in [4.78, 5) is 50.0. The fraction of sp³-hybridized carbons (Fsp3) is 0.250. The van der Waals surface area contributed by atoms with Crippen LogP contribution >= 0.6 is 11.3 Å². The van der Waals surface area contributed by atoms with E-state index in [-0.39, 0.29) is 22.1 Å². The van der Waals surface area contributed by atoms with Gasteiger partial charge in [-0.3, -0.25) is 14.4 Å². The third-order valence-electron chi connectivity index (χ3n) is 9.79. The fourth-order valence-corrected chi connectivity index (χ4v) is 8.24. The molecular weight excluding hydrogens is 685 g/mol. The minimum Gasteiger partial charge on any atom is -0.381 e. The van der Waals surface area contributed by atoms with Gasteiger partial charge in [-0.2, -0.15) is 0 Å². The fourth-order valence-electron chi connectivity index (χ4n) is 7.05. The van der Waals surface area contributed by atoms with Crippen molar-refractivity contribution in [3.63, 3.8) is 0 Å². The zero-order valence-corrected chi connectivity index (χ0v) is 29.4. The van der Waals surface area contributed by atoms with Crippen molar-refractivity contribution in [3.05, 3.63) is 135 Å². The average Bonchev–Trinajstić information content (AvgIpc) is 3.51. The molecule has 2 N–H and O–H groups in total. The number of para-hydroxylation sites is 1. The lowest BCUT2D eigenvalue weighted by Gasteiger charge is -2.53. The van der Waals surface area contributed by atoms with Gasteiger partial charge in [0.05, 0.1) is 16.1 Å². The van der Waals surface area contributed by atoms with Gasteiger partial charge in [0.1, 0.15) is 23.1 Å². The maximum Gasteiger partial charge on any atom is 0.265 e. The molecule has 0 bridgehead atoms. The van der Waals surface area contributed by atoms with Crippen molar-refractivity contribution in [2.24, 2.45) is 5.41 Å². The van der Waals surface area contributed by atoms with Crippen molar-refractivity contribution in [2.75, 3.05) is 48.4 Å². The zero-order valence-electron chi connectivity index (χ0n) is 28.6. The number of hydrogen-bond donors (Lipinski definition) is 2. The van der Waals surface area contributed by atoms with Crippen molar-refractivity contribution in [1.82, 2.24) is 9.88 Å². The van der Waals surface area contributed by atoms with Crippen LogP contribution in [0.25, 0.3) is 5.57 Å². The summed E-state index contributed by atoms with van der Waals surface area (Å²) in [7, 11) is 0. The molecule has 0 unspecified atom stereocenters. The summed E-state index contributed by atoms with van der Waals surface area (Å²) in [5.41, 5.74) is 3.32. The van der Waals surface area contributed by atoms with E-state index in [2.05, 4.69) is 27.1 Å². The molecule has 3 aliphatic rings. The molecule has 2 aromatic heterocycles. The van der Waals surface area contributed by atoms with Gasteiger partial charge >= 0.3 is 0 Å². The number of fused-ring (bicyclic) bond motifs is 1. The first kappa shape index (κ1) is 35.0. The van der Waals surface area contributed by atoms with Crippen LogP contribution in [-0.4, -0.2) is 60.5 Å². The number of pyridine rings is 1. The summed E-state index contributed by atoms with van der Waals surface area (Å²) in [6.07, 6.45) is 9.36. The van der Waals surface area contributed by atoms with E-state index in [9.17, 15) is 23.2 Å². The van der Waals surface area contributed by atoms with Crippen LogP contribution in [0.1, 0.15) is 60.6 Å². The lowest BCUT2D eigenvalue weighted by atomic mass is 9.73. The molecule has 2 aromatic carbocycles. The summed E-state index contributed by atoms with van der Waals surface area (Å²) >= 11 is 1.19. The van der Waals surface area contributed by atoms with E-state index < -0.39 is 23.2 Å². The average molecular weight is 722 g/mol. The Hall–Kier alpha value is -5.46. The number of carbonyl (C=O) groups is 3. The van der Waals surface area contributed by atoms with Crippen molar-refractivity contribution in [3.8, 4) is 0 Å².